The lowest BCUT2D eigenvalue weighted by Crippen LogP contribution is -2.45. The van der Waals surface area contributed by atoms with Crippen molar-refractivity contribution >= 4 is 5.91 Å². The predicted molar refractivity (Wildman–Crippen MR) is 95.1 cm³/mol. The van der Waals surface area contributed by atoms with Gasteiger partial charge >= 0.3 is 0 Å². The minimum absolute atomic E-state index is 0.0125. The molecule has 1 saturated carbocycles. The summed E-state index contributed by atoms with van der Waals surface area (Å²) in [7, 11) is 1.65. The van der Waals surface area contributed by atoms with E-state index in [0.717, 1.165) is 24.3 Å². The smallest absolute Gasteiger partial charge is 0.233 e. The molecule has 0 spiro atoms. The lowest BCUT2D eigenvalue weighted by Gasteiger charge is -2.38. The molecular formula is C19H28N2O4. The lowest BCUT2D eigenvalue weighted by atomic mass is 9.69. The van der Waals surface area contributed by atoms with Gasteiger partial charge in [-0.25, -0.2) is 0 Å². The first-order valence-corrected chi connectivity index (χ1v) is 9.10. The number of carbonyl (C=O) groups is 1. The van der Waals surface area contributed by atoms with E-state index >= 15 is 0 Å². The van der Waals surface area contributed by atoms with Crippen molar-refractivity contribution in [2.75, 3.05) is 40.1 Å². The second-order valence-corrected chi connectivity index (χ2v) is 6.86. The number of benzene rings is 1. The molecule has 6 heteroatoms. The van der Waals surface area contributed by atoms with Gasteiger partial charge < -0.3 is 24.8 Å². The third kappa shape index (κ3) is 4.44. The van der Waals surface area contributed by atoms with Crippen molar-refractivity contribution in [3.8, 4) is 11.5 Å². The molecule has 1 aromatic carbocycles. The Bertz CT molecular complexity index is 585. The topological polar surface area (TPSA) is 68.8 Å². The fraction of sp³-hybridized carbons (Fsp3) is 0.632. The first kappa shape index (κ1) is 18.0. The summed E-state index contributed by atoms with van der Waals surface area (Å²) in [5.74, 6) is 1.65. The highest BCUT2D eigenvalue weighted by atomic mass is 16.7. The zero-order valence-corrected chi connectivity index (χ0v) is 14.9. The number of methoxy groups -OCH3 is 1. The molecule has 1 fully saturated rings. The highest BCUT2D eigenvalue weighted by molar-refractivity contribution is 5.78. The summed E-state index contributed by atoms with van der Waals surface area (Å²) in [6.07, 6.45) is 5.82. The third-order valence-corrected chi connectivity index (χ3v) is 5.19. The number of ether oxygens (including phenoxy) is 3. The summed E-state index contributed by atoms with van der Waals surface area (Å²) < 4.78 is 15.9. The van der Waals surface area contributed by atoms with Gasteiger partial charge in [0.15, 0.2) is 11.5 Å². The van der Waals surface area contributed by atoms with E-state index < -0.39 is 0 Å². The average molecular weight is 348 g/mol. The quantitative estimate of drug-likeness (QED) is 0.703. The van der Waals surface area contributed by atoms with Crippen LogP contribution >= 0.6 is 0 Å². The Hall–Kier alpha value is -1.79. The number of hydrogen-bond acceptors (Lipinski definition) is 5. The largest absolute Gasteiger partial charge is 0.454 e. The van der Waals surface area contributed by atoms with Gasteiger partial charge in [0.05, 0.1) is 13.2 Å². The van der Waals surface area contributed by atoms with Gasteiger partial charge in [0, 0.05) is 25.6 Å². The third-order valence-electron chi connectivity index (χ3n) is 5.19. The fourth-order valence-electron chi connectivity index (χ4n) is 3.73. The van der Waals surface area contributed by atoms with E-state index in [1.54, 1.807) is 7.11 Å². The second kappa shape index (κ2) is 8.54. The number of carbonyl (C=O) groups excluding carboxylic acids is 1. The minimum atomic E-state index is -0.0125. The van der Waals surface area contributed by atoms with Crippen molar-refractivity contribution in [3.05, 3.63) is 23.8 Å². The van der Waals surface area contributed by atoms with E-state index in [4.69, 9.17) is 14.2 Å². The van der Waals surface area contributed by atoms with Crippen LogP contribution in [0.15, 0.2) is 18.2 Å². The number of fused-ring (bicyclic) bond motifs is 1. The van der Waals surface area contributed by atoms with Crippen LogP contribution in [0, 0.1) is 0 Å². The van der Waals surface area contributed by atoms with Crippen molar-refractivity contribution < 1.29 is 19.0 Å². The Labute approximate surface area is 149 Å². The Morgan fingerprint density at radius 3 is 2.80 bits per heavy atom. The SMILES string of the molecule is COCCNCC(=O)NCC1(c2ccc3c(c2)OCO3)CCCCC1. The molecule has 0 atom stereocenters. The fourth-order valence-corrected chi connectivity index (χ4v) is 3.73. The highest BCUT2D eigenvalue weighted by Gasteiger charge is 2.35. The van der Waals surface area contributed by atoms with Crippen molar-refractivity contribution in [2.24, 2.45) is 0 Å². The molecular weight excluding hydrogens is 320 g/mol. The summed E-state index contributed by atoms with van der Waals surface area (Å²) in [6.45, 7) is 2.55. The zero-order valence-electron chi connectivity index (χ0n) is 14.9. The van der Waals surface area contributed by atoms with Crippen LogP contribution in [0.5, 0.6) is 11.5 Å². The zero-order chi connectivity index (χ0) is 17.5. The van der Waals surface area contributed by atoms with E-state index in [1.807, 2.05) is 6.07 Å². The molecule has 1 heterocycles. The van der Waals surface area contributed by atoms with E-state index in [-0.39, 0.29) is 18.1 Å². The molecule has 1 aromatic rings. The van der Waals surface area contributed by atoms with Crippen LogP contribution < -0.4 is 20.1 Å². The lowest BCUT2D eigenvalue weighted by molar-refractivity contribution is -0.120. The average Bonchev–Trinajstić information content (AvgIpc) is 3.12. The van der Waals surface area contributed by atoms with Gasteiger partial charge in [0.25, 0.3) is 0 Å². The summed E-state index contributed by atoms with van der Waals surface area (Å²) in [4.78, 5) is 12.2. The Morgan fingerprint density at radius 1 is 1.20 bits per heavy atom. The molecule has 0 aromatic heterocycles. The maximum Gasteiger partial charge on any atom is 0.233 e. The van der Waals surface area contributed by atoms with Crippen LogP contribution in [0.4, 0.5) is 0 Å². The van der Waals surface area contributed by atoms with Crippen LogP contribution in [0.3, 0.4) is 0 Å². The highest BCUT2D eigenvalue weighted by Crippen LogP contribution is 2.43. The first-order valence-electron chi connectivity index (χ1n) is 9.10. The molecule has 2 aliphatic rings. The molecule has 0 radical (unpaired) electrons. The van der Waals surface area contributed by atoms with Crippen LogP contribution in [0.1, 0.15) is 37.7 Å². The molecule has 25 heavy (non-hydrogen) atoms. The number of hydrogen-bond donors (Lipinski definition) is 2. The van der Waals surface area contributed by atoms with Gasteiger partial charge in [0.1, 0.15) is 0 Å². The standard InChI is InChI=1S/C19H28N2O4/c1-23-10-9-20-12-18(22)21-13-19(7-3-2-4-8-19)15-5-6-16-17(11-15)25-14-24-16/h5-6,11,20H,2-4,7-10,12-14H2,1H3,(H,21,22). The van der Waals surface area contributed by atoms with Gasteiger partial charge in [-0.1, -0.05) is 25.3 Å². The summed E-state index contributed by atoms with van der Waals surface area (Å²) in [6, 6.07) is 6.21. The van der Waals surface area contributed by atoms with Gasteiger partial charge in [-0.3, -0.25) is 4.79 Å². The van der Waals surface area contributed by atoms with E-state index in [1.165, 1.54) is 24.8 Å². The van der Waals surface area contributed by atoms with E-state index in [0.29, 0.717) is 26.2 Å². The van der Waals surface area contributed by atoms with Gasteiger partial charge in [0.2, 0.25) is 12.7 Å². The van der Waals surface area contributed by atoms with Crippen LogP contribution in [0.25, 0.3) is 0 Å². The molecule has 2 N–H and O–H groups in total. The number of rotatable bonds is 8. The summed E-state index contributed by atoms with van der Waals surface area (Å²) >= 11 is 0. The Balaban J connectivity index is 1.64. The van der Waals surface area contributed by atoms with Crippen molar-refractivity contribution in [1.29, 1.82) is 0 Å². The van der Waals surface area contributed by atoms with Crippen molar-refractivity contribution in [1.82, 2.24) is 10.6 Å². The first-order chi connectivity index (χ1) is 12.2. The molecule has 0 saturated heterocycles. The maximum absolute atomic E-state index is 12.2. The van der Waals surface area contributed by atoms with Crippen molar-refractivity contribution in [3.63, 3.8) is 0 Å². The molecule has 0 bridgehead atoms. The molecule has 1 aliphatic heterocycles. The van der Waals surface area contributed by atoms with Crippen LogP contribution in [0.2, 0.25) is 0 Å². The summed E-state index contributed by atoms with van der Waals surface area (Å²) in [5.41, 5.74) is 1.23. The number of amides is 1. The molecule has 138 valence electrons. The molecule has 1 aliphatic carbocycles. The van der Waals surface area contributed by atoms with Crippen LogP contribution in [-0.2, 0) is 14.9 Å². The Morgan fingerprint density at radius 2 is 2.00 bits per heavy atom. The molecule has 1 amide bonds. The molecule has 3 rings (SSSR count). The molecule has 0 unspecified atom stereocenters. The maximum atomic E-state index is 12.2. The predicted octanol–water partition coefficient (Wildman–Crippen LogP) is 1.97. The van der Waals surface area contributed by atoms with Crippen molar-refractivity contribution in [2.45, 2.75) is 37.5 Å². The van der Waals surface area contributed by atoms with E-state index in [2.05, 4.69) is 22.8 Å². The monoisotopic (exact) mass is 348 g/mol. The van der Waals surface area contributed by atoms with Gasteiger partial charge in [-0.15, -0.1) is 0 Å². The van der Waals surface area contributed by atoms with E-state index in [9.17, 15) is 4.79 Å². The second-order valence-electron chi connectivity index (χ2n) is 6.86. The normalized spacial score (nSPS) is 18.1. The minimum Gasteiger partial charge on any atom is -0.454 e. The molecule has 6 nitrogen and oxygen atoms in total. The summed E-state index contributed by atoms with van der Waals surface area (Å²) in [5, 5.41) is 6.21. The Kier molecular flexibility index (Phi) is 6.15. The van der Waals surface area contributed by atoms with Gasteiger partial charge in [-0.2, -0.15) is 0 Å². The van der Waals surface area contributed by atoms with Gasteiger partial charge in [-0.05, 0) is 30.5 Å². The van der Waals surface area contributed by atoms with Crippen LogP contribution in [-0.4, -0.2) is 46.1 Å². The number of nitrogens with one attached hydrogen (secondary N) is 2.